The topological polar surface area (TPSA) is 111 Å². The minimum atomic E-state index is -0.685. The number of aryl methyl sites for hydroxylation is 1. The number of nitrogens with one attached hydrogen (secondary N) is 1. The Morgan fingerprint density at radius 2 is 1.77 bits per heavy atom. The van der Waals surface area contributed by atoms with Gasteiger partial charge in [-0.25, -0.2) is 0 Å². The Kier molecular flexibility index (Phi) is 6.78. The molecule has 8 nitrogen and oxygen atoms in total. The highest BCUT2D eigenvalue weighted by Crippen LogP contribution is 2.28. The summed E-state index contributed by atoms with van der Waals surface area (Å²) in [5, 5.41) is 25.8. The Bertz CT molecular complexity index is 803. The number of nitro benzene ring substituents is 2. The normalized spacial score (nSPS) is 10.8. The number of non-ortho nitro benzene ring substituents is 1. The van der Waals surface area contributed by atoms with Crippen LogP contribution < -0.4 is 5.43 Å². The minimum Gasteiger partial charge on any atom is -0.272 e. The van der Waals surface area contributed by atoms with Crippen molar-refractivity contribution in [3.8, 4) is 0 Å². The lowest BCUT2D eigenvalue weighted by atomic mass is 10.1. The summed E-state index contributed by atoms with van der Waals surface area (Å²) in [6.45, 7) is 2.17. The van der Waals surface area contributed by atoms with Gasteiger partial charge < -0.3 is 0 Å². The third-order valence-electron chi connectivity index (χ3n) is 3.84. The second-order valence-electron chi connectivity index (χ2n) is 5.78. The van der Waals surface area contributed by atoms with E-state index in [1.807, 2.05) is 24.3 Å². The summed E-state index contributed by atoms with van der Waals surface area (Å²) in [7, 11) is 0. The second-order valence-corrected chi connectivity index (χ2v) is 5.78. The highest BCUT2D eigenvalue weighted by molar-refractivity contribution is 5.80. The van der Waals surface area contributed by atoms with Gasteiger partial charge in [-0.3, -0.25) is 25.7 Å². The maximum atomic E-state index is 11.1. The van der Waals surface area contributed by atoms with E-state index in [1.165, 1.54) is 30.5 Å². The lowest BCUT2D eigenvalue weighted by Gasteiger charge is -2.03. The van der Waals surface area contributed by atoms with Crippen LogP contribution in [0.15, 0.2) is 47.6 Å². The Morgan fingerprint density at radius 1 is 1.04 bits per heavy atom. The fourth-order valence-electron chi connectivity index (χ4n) is 2.41. The first-order chi connectivity index (χ1) is 12.5. The van der Waals surface area contributed by atoms with Gasteiger partial charge in [-0.1, -0.05) is 44.0 Å². The quantitative estimate of drug-likeness (QED) is 0.303. The van der Waals surface area contributed by atoms with Crippen molar-refractivity contribution in [3.05, 3.63) is 73.8 Å². The van der Waals surface area contributed by atoms with Gasteiger partial charge in [0, 0.05) is 6.07 Å². The van der Waals surface area contributed by atoms with E-state index in [1.54, 1.807) is 6.21 Å². The fraction of sp³-hybridized carbons (Fsp3) is 0.278. The number of hydrogen-bond acceptors (Lipinski definition) is 6. The lowest BCUT2D eigenvalue weighted by Crippen LogP contribution is -1.98. The SMILES string of the molecule is CCCCCc1ccc(C=NNc2ccc([N+](=O)[O-])cc2[N+](=O)[O-])cc1. The van der Waals surface area contributed by atoms with Crippen LogP contribution in [0.4, 0.5) is 17.1 Å². The van der Waals surface area contributed by atoms with E-state index in [2.05, 4.69) is 17.5 Å². The molecule has 1 N–H and O–H groups in total. The van der Waals surface area contributed by atoms with E-state index in [-0.39, 0.29) is 11.4 Å². The molecule has 0 aliphatic heterocycles. The Hall–Kier alpha value is -3.29. The summed E-state index contributed by atoms with van der Waals surface area (Å²) in [6.07, 6.45) is 6.14. The molecule has 0 spiro atoms. The predicted molar refractivity (Wildman–Crippen MR) is 101 cm³/mol. The molecule has 0 aliphatic carbocycles. The molecule has 0 atom stereocenters. The molecular weight excluding hydrogens is 336 g/mol. The van der Waals surface area contributed by atoms with E-state index in [0.717, 1.165) is 24.5 Å². The van der Waals surface area contributed by atoms with Gasteiger partial charge in [0.15, 0.2) is 0 Å². The molecule has 0 bridgehead atoms. The molecule has 0 unspecified atom stereocenters. The molecule has 8 heteroatoms. The molecule has 2 aromatic carbocycles. The third kappa shape index (κ3) is 5.37. The van der Waals surface area contributed by atoms with Crippen LogP contribution in [-0.4, -0.2) is 16.1 Å². The Labute approximate surface area is 150 Å². The van der Waals surface area contributed by atoms with Gasteiger partial charge in [-0.15, -0.1) is 0 Å². The Balaban J connectivity index is 2.03. The summed E-state index contributed by atoms with van der Waals surface area (Å²) in [6, 6.07) is 11.3. The highest BCUT2D eigenvalue weighted by atomic mass is 16.6. The number of rotatable bonds is 9. The number of unbranched alkanes of at least 4 members (excludes halogenated alkanes) is 2. The van der Waals surface area contributed by atoms with E-state index in [4.69, 9.17) is 0 Å². The van der Waals surface area contributed by atoms with Crippen LogP contribution in [0.2, 0.25) is 0 Å². The molecule has 26 heavy (non-hydrogen) atoms. The Morgan fingerprint density at radius 3 is 2.38 bits per heavy atom. The van der Waals surface area contributed by atoms with Crippen molar-refractivity contribution in [2.45, 2.75) is 32.6 Å². The maximum absolute atomic E-state index is 11.1. The highest BCUT2D eigenvalue weighted by Gasteiger charge is 2.18. The van der Waals surface area contributed by atoms with Crippen LogP contribution in [0, 0.1) is 20.2 Å². The zero-order valence-corrected chi connectivity index (χ0v) is 14.4. The smallest absolute Gasteiger partial charge is 0.272 e. The first-order valence-corrected chi connectivity index (χ1v) is 8.32. The van der Waals surface area contributed by atoms with Gasteiger partial charge in [0.1, 0.15) is 5.69 Å². The van der Waals surface area contributed by atoms with Gasteiger partial charge in [-0.2, -0.15) is 5.10 Å². The van der Waals surface area contributed by atoms with Crippen molar-refractivity contribution in [3.63, 3.8) is 0 Å². The summed E-state index contributed by atoms with van der Waals surface area (Å²) < 4.78 is 0. The van der Waals surface area contributed by atoms with Gasteiger partial charge in [0.05, 0.1) is 22.1 Å². The van der Waals surface area contributed by atoms with E-state index in [9.17, 15) is 20.2 Å². The van der Waals surface area contributed by atoms with E-state index >= 15 is 0 Å². The largest absolute Gasteiger partial charge is 0.301 e. The minimum absolute atomic E-state index is 0.0908. The van der Waals surface area contributed by atoms with Crippen molar-refractivity contribution >= 4 is 23.3 Å². The van der Waals surface area contributed by atoms with Crippen molar-refractivity contribution in [2.75, 3.05) is 5.43 Å². The van der Waals surface area contributed by atoms with Crippen molar-refractivity contribution in [2.24, 2.45) is 5.10 Å². The van der Waals surface area contributed by atoms with E-state index in [0.29, 0.717) is 0 Å². The van der Waals surface area contributed by atoms with Gasteiger partial charge in [-0.05, 0) is 30.0 Å². The fourth-order valence-corrected chi connectivity index (χ4v) is 2.41. The number of nitrogens with zero attached hydrogens (tertiary/aromatic N) is 3. The number of hydrogen-bond donors (Lipinski definition) is 1. The van der Waals surface area contributed by atoms with Crippen LogP contribution >= 0.6 is 0 Å². The first-order valence-electron chi connectivity index (χ1n) is 8.32. The zero-order valence-electron chi connectivity index (χ0n) is 14.4. The van der Waals surface area contributed by atoms with Crippen LogP contribution in [0.25, 0.3) is 0 Å². The number of anilines is 1. The zero-order chi connectivity index (χ0) is 18.9. The first kappa shape index (κ1) is 19.0. The van der Waals surface area contributed by atoms with Crippen molar-refractivity contribution in [1.29, 1.82) is 0 Å². The molecule has 0 aliphatic rings. The van der Waals surface area contributed by atoms with Crippen LogP contribution in [-0.2, 0) is 6.42 Å². The van der Waals surface area contributed by atoms with Gasteiger partial charge in [0.2, 0.25) is 0 Å². The third-order valence-corrected chi connectivity index (χ3v) is 3.84. The molecule has 2 aromatic rings. The molecule has 0 saturated heterocycles. The van der Waals surface area contributed by atoms with Crippen LogP contribution in [0.1, 0.15) is 37.3 Å². The second kappa shape index (κ2) is 9.26. The molecule has 0 amide bonds. The summed E-state index contributed by atoms with van der Waals surface area (Å²) in [5.74, 6) is 0. The monoisotopic (exact) mass is 356 g/mol. The van der Waals surface area contributed by atoms with Crippen molar-refractivity contribution < 1.29 is 9.85 Å². The molecule has 2 rings (SSSR count). The molecule has 0 fully saturated rings. The standard InChI is InChI=1S/C18H20N4O4/c1-2-3-4-5-14-6-8-15(9-7-14)13-19-20-17-11-10-16(21(23)24)12-18(17)22(25)26/h6-13,20H,2-5H2,1H3. The summed E-state index contributed by atoms with van der Waals surface area (Å²) >= 11 is 0. The predicted octanol–water partition coefficient (Wildman–Crippen LogP) is 4.68. The summed E-state index contributed by atoms with van der Waals surface area (Å²) in [5.41, 5.74) is 4.03. The average molecular weight is 356 g/mol. The lowest BCUT2D eigenvalue weighted by molar-refractivity contribution is -0.393. The molecule has 0 saturated carbocycles. The van der Waals surface area contributed by atoms with E-state index < -0.39 is 15.5 Å². The van der Waals surface area contributed by atoms with Gasteiger partial charge >= 0.3 is 5.69 Å². The molecule has 0 aromatic heterocycles. The van der Waals surface area contributed by atoms with Crippen LogP contribution in [0.3, 0.4) is 0 Å². The summed E-state index contributed by atoms with van der Waals surface area (Å²) in [4.78, 5) is 20.4. The average Bonchev–Trinajstić information content (AvgIpc) is 2.63. The van der Waals surface area contributed by atoms with Crippen LogP contribution in [0.5, 0.6) is 0 Å². The molecule has 0 radical (unpaired) electrons. The van der Waals surface area contributed by atoms with Crippen molar-refractivity contribution in [1.82, 2.24) is 0 Å². The van der Waals surface area contributed by atoms with Gasteiger partial charge in [0.25, 0.3) is 5.69 Å². The number of benzene rings is 2. The number of hydrazone groups is 1. The maximum Gasteiger partial charge on any atom is 0.301 e. The molecular formula is C18H20N4O4. The molecule has 136 valence electrons. The molecule has 0 heterocycles. The number of nitro groups is 2.